The largest absolute Gasteiger partial charge is 0.394 e. The van der Waals surface area contributed by atoms with Gasteiger partial charge < -0.3 is 58.7 Å². The Balaban J connectivity index is 1.53. The Kier molecular flexibility index (Phi) is 11.8. The molecule has 6 unspecified atom stereocenters. The summed E-state index contributed by atoms with van der Waals surface area (Å²) in [4.78, 5) is 0. The molecule has 0 aromatic heterocycles. The summed E-state index contributed by atoms with van der Waals surface area (Å²) in [6, 6.07) is 0. The van der Waals surface area contributed by atoms with Crippen molar-refractivity contribution in [3.63, 3.8) is 0 Å². The lowest BCUT2D eigenvalue weighted by Gasteiger charge is -2.48. The lowest BCUT2D eigenvalue weighted by molar-refractivity contribution is -0.354. The van der Waals surface area contributed by atoms with Crippen LogP contribution < -0.4 is 0 Å². The van der Waals surface area contributed by atoms with Crippen LogP contribution in [0.1, 0.15) is 58.8 Å². The van der Waals surface area contributed by atoms with Crippen LogP contribution in [-0.4, -0.2) is 132 Å². The second-order valence-electron chi connectivity index (χ2n) is 11.4. The lowest BCUT2D eigenvalue weighted by Crippen LogP contribution is -2.63. The van der Waals surface area contributed by atoms with E-state index in [1.54, 1.807) is 14.0 Å². The molecule has 4 rings (SSSR count). The number of aliphatic hydroxyl groups excluding tert-OH is 5. The summed E-state index contributed by atoms with van der Waals surface area (Å²) in [5, 5.41) is 52.0. The molecular weight excluding hydrogens is 516 g/mol. The van der Waals surface area contributed by atoms with Gasteiger partial charge in [-0.15, -0.1) is 0 Å². The molecule has 12 nitrogen and oxygen atoms in total. The highest BCUT2D eigenvalue weighted by molar-refractivity contribution is 4.95. The Morgan fingerprint density at radius 2 is 1.54 bits per heavy atom. The first-order valence-corrected chi connectivity index (χ1v) is 14.5. The van der Waals surface area contributed by atoms with E-state index < -0.39 is 80.2 Å². The summed E-state index contributed by atoms with van der Waals surface area (Å²) in [6.07, 6.45) is -5.88. The van der Waals surface area contributed by atoms with Gasteiger partial charge >= 0.3 is 0 Å². The molecule has 1 saturated carbocycles. The molecule has 0 aromatic carbocycles. The molecule has 0 bridgehead atoms. The molecule has 3 saturated heterocycles. The van der Waals surface area contributed by atoms with E-state index in [0.717, 1.165) is 38.5 Å². The molecule has 3 aliphatic heterocycles. The number of fused-ring (bicyclic) bond motifs is 1. The average Bonchev–Trinajstić information content (AvgIpc) is 2.92. The summed E-state index contributed by atoms with van der Waals surface area (Å²) in [7, 11) is 1.61. The van der Waals surface area contributed by atoms with Gasteiger partial charge in [-0.05, 0) is 38.5 Å². The number of ether oxygens (including phenoxy) is 7. The number of aliphatic hydroxyl groups is 5. The first kappa shape index (κ1) is 31.5. The van der Waals surface area contributed by atoms with Crippen molar-refractivity contribution < 1.29 is 58.7 Å². The Bertz CT molecular complexity index is 729. The fourth-order valence-electron chi connectivity index (χ4n) is 6.11. The van der Waals surface area contributed by atoms with Crippen molar-refractivity contribution in [2.24, 2.45) is 5.92 Å². The zero-order valence-electron chi connectivity index (χ0n) is 23.2. The van der Waals surface area contributed by atoms with Gasteiger partial charge in [0.05, 0.1) is 37.6 Å². The zero-order valence-corrected chi connectivity index (χ0v) is 23.2. The van der Waals surface area contributed by atoms with Crippen LogP contribution in [0.2, 0.25) is 0 Å². The normalized spacial score (nSPS) is 48.3. The second kappa shape index (κ2) is 14.6. The van der Waals surface area contributed by atoms with Gasteiger partial charge in [0, 0.05) is 13.7 Å². The molecule has 39 heavy (non-hydrogen) atoms. The smallest absolute Gasteiger partial charge is 0.187 e. The summed E-state index contributed by atoms with van der Waals surface area (Å²) in [5.41, 5.74) is 0. The molecule has 14 atom stereocenters. The van der Waals surface area contributed by atoms with Crippen molar-refractivity contribution >= 4 is 0 Å². The summed E-state index contributed by atoms with van der Waals surface area (Å²) >= 11 is 0. The maximum Gasteiger partial charge on any atom is 0.187 e. The molecular formula is C27H48O12. The summed E-state index contributed by atoms with van der Waals surface area (Å²) < 4.78 is 42.4. The van der Waals surface area contributed by atoms with Gasteiger partial charge in [0.2, 0.25) is 0 Å². The fraction of sp³-hybridized carbons (Fsp3) is 1.00. The molecule has 3 heterocycles. The van der Waals surface area contributed by atoms with Gasteiger partial charge in [-0.3, -0.25) is 0 Å². The average molecular weight is 565 g/mol. The van der Waals surface area contributed by atoms with E-state index in [1.165, 1.54) is 0 Å². The predicted octanol–water partition coefficient (Wildman–Crippen LogP) is -0.158. The first-order chi connectivity index (χ1) is 18.7. The van der Waals surface area contributed by atoms with Gasteiger partial charge in [0.25, 0.3) is 0 Å². The van der Waals surface area contributed by atoms with Crippen molar-refractivity contribution in [3.05, 3.63) is 0 Å². The van der Waals surface area contributed by atoms with E-state index in [-0.39, 0.29) is 12.0 Å². The second-order valence-corrected chi connectivity index (χ2v) is 11.4. The van der Waals surface area contributed by atoms with E-state index >= 15 is 0 Å². The van der Waals surface area contributed by atoms with Crippen molar-refractivity contribution in [2.45, 2.75) is 139 Å². The third-order valence-corrected chi connectivity index (χ3v) is 8.47. The number of hydrogen-bond acceptors (Lipinski definition) is 12. The molecule has 12 heteroatoms. The molecule has 0 aromatic rings. The molecule has 228 valence electrons. The zero-order chi connectivity index (χ0) is 28.1. The van der Waals surface area contributed by atoms with Crippen LogP contribution in [0.15, 0.2) is 0 Å². The number of rotatable bonds is 7. The van der Waals surface area contributed by atoms with E-state index in [0.29, 0.717) is 19.6 Å². The van der Waals surface area contributed by atoms with Gasteiger partial charge in [-0.2, -0.15) is 0 Å². The van der Waals surface area contributed by atoms with Crippen molar-refractivity contribution in [1.29, 1.82) is 0 Å². The third kappa shape index (κ3) is 7.49. The summed E-state index contributed by atoms with van der Waals surface area (Å²) in [5.74, 6) is 0.0322. The Morgan fingerprint density at radius 3 is 2.28 bits per heavy atom. The Morgan fingerprint density at radius 1 is 0.744 bits per heavy atom. The highest BCUT2D eigenvalue weighted by Gasteiger charge is 2.51. The Hall–Kier alpha value is -0.480. The maximum atomic E-state index is 11.1. The van der Waals surface area contributed by atoms with Gasteiger partial charge in [-0.1, -0.05) is 26.2 Å². The quantitative estimate of drug-likeness (QED) is 0.278. The number of hydrogen-bond donors (Lipinski definition) is 5. The minimum Gasteiger partial charge on any atom is -0.394 e. The van der Waals surface area contributed by atoms with Crippen LogP contribution >= 0.6 is 0 Å². The van der Waals surface area contributed by atoms with Crippen molar-refractivity contribution in [2.75, 3.05) is 26.9 Å². The fourth-order valence-corrected chi connectivity index (χ4v) is 6.11. The van der Waals surface area contributed by atoms with Crippen LogP contribution in [0.5, 0.6) is 0 Å². The van der Waals surface area contributed by atoms with Gasteiger partial charge in [0.15, 0.2) is 12.6 Å². The minimum atomic E-state index is -1.43. The van der Waals surface area contributed by atoms with Crippen molar-refractivity contribution in [1.82, 2.24) is 0 Å². The highest BCUT2D eigenvalue weighted by atomic mass is 16.7. The number of methoxy groups -OCH3 is 1. The lowest BCUT2D eigenvalue weighted by atomic mass is 9.85. The summed E-state index contributed by atoms with van der Waals surface area (Å²) in [6.45, 7) is 4.01. The molecule has 0 amide bonds. The van der Waals surface area contributed by atoms with Crippen LogP contribution in [0.3, 0.4) is 0 Å². The van der Waals surface area contributed by atoms with E-state index in [1.807, 2.05) is 6.92 Å². The molecule has 4 aliphatic rings. The van der Waals surface area contributed by atoms with E-state index in [9.17, 15) is 25.5 Å². The van der Waals surface area contributed by atoms with E-state index in [2.05, 4.69) is 0 Å². The molecule has 1 aliphatic carbocycles. The Labute approximate surface area is 230 Å². The topological polar surface area (TPSA) is 166 Å². The first-order valence-electron chi connectivity index (χ1n) is 14.5. The standard InChI is InChI=1S/C27H48O12/c1-14-8-7-10-17(23(14)39-26-22(32)21(31)19(29)15(2)35-26)37-27-25-24(20(30)18(12-28)38-27)36-16(13-33-3)9-5-4-6-11-34-25/h14-32H,4-13H2,1-3H3/t14-,15?,16-,17-,18?,19-,20+,21?,22+,23?,24?,25?,26+,27-/m1/s1. The van der Waals surface area contributed by atoms with Crippen molar-refractivity contribution in [3.8, 4) is 0 Å². The van der Waals surface area contributed by atoms with Crippen LogP contribution in [0.25, 0.3) is 0 Å². The minimum absolute atomic E-state index is 0.0322. The van der Waals surface area contributed by atoms with Gasteiger partial charge in [-0.25, -0.2) is 0 Å². The van der Waals surface area contributed by atoms with E-state index in [4.69, 9.17) is 33.2 Å². The molecule has 5 N–H and O–H groups in total. The van der Waals surface area contributed by atoms with Crippen LogP contribution in [0, 0.1) is 5.92 Å². The maximum absolute atomic E-state index is 11.1. The highest BCUT2D eigenvalue weighted by Crippen LogP contribution is 2.36. The van der Waals surface area contributed by atoms with Gasteiger partial charge in [0.1, 0.15) is 42.7 Å². The molecule has 0 spiro atoms. The third-order valence-electron chi connectivity index (χ3n) is 8.47. The SMILES string of the molecule is COC[C@H]1CCCCCOC2C(O1)[C@@H](O)C(CO)O[C@H]2O[C@@H]1CCC[C@@H](C)C1O[C@@H]1OC(C)[C@@H](O)C(O)[C@@H]1O. The molecule has 4 fully saturated rings. The van der Waals surface area contributed by atoms with Crippen LogP contribution in [0.4, 0.5) is 0 Å². The predicted molar refractivity (Wildman–Crippen MR) is 136 cm³/mol. The monoisotopic (exact) mass is 564 g/mol. The van der Waals surface area contributed by atoms with Crippen LogP contribution in [-0.2, 0) is 33.2 Å². The molecule has 0 radical (unpaired) electrons.